The maximum absolute atomic E-state index is 6.24. The Labute approximate surface area is 110 Å². The molecule has 0 fully saturated rings. The Bertz CT molecular complexity index is 541. The molecule has 0 unspecified atom stereocenters. The minimum atomic E-state index is 0.452. The number of hydrogen-bond acceptors (Lipinski definition) is 2. The Morgan fingerprint density at radius 1 is 1.35 bits per heavy atom. The van der Waals surface area contributed by atoms with E-state index in [9.17, 15) is 0 Å². The summed E-state index contributed by atoms with van der Waals surface area (Å²) >= 11 is 3.53. The quantitative estimate of drug-likeness (QED) is 0.933. The lowest BCUT2D eigenvalue weighted by molar-refractivity contribution is 0.629. The summed E-state index contributed by atoms with van der Waals surface area (Å²) in [6.07, 6.45) is 2.15. The highest BCUT2D eigenvalue weighted by Crippen LogP contribution is 2.30. The summed E-state index contributed by atoms with van der Waals surface area (Å²) in [5.41, 5.74) is 9.32. The fourth-order valence-electron chi connectivity index (χ4n) is 2.28. The third kappa shape index (κ3) is 1.95. The molecule has 0 aliphatic heterocycles. The molecule has 2 aromatic rings. The van der Waals surface area contributed by atoms with E-state index in [1.54, 1.807) is 0 Å². The average molecular weight is 296 g/mol. The maximum atomic E-state index is 6.24. The van der Waals surface area contributed by atoms with Crippen molar-refractivity contribution >= 4 is 27.4 Å². The largest absolute Gasteiger partial charge is 0.383 e. The molecular formula is C13H18BrN3. The lowest BCUT2D eigenvalue weighted by atomic mass is 10.00. The van der Waals surface area contributed by atoms with Gasteiger partial charge in [0.25, 0.3) is 0 Å². The van der Waals surface area contributed by atoms with E-state index in [4.69, 9.17) is 5.73 Å². The van der Waals surface area contributed by atoms with Crippen LogP contribution in [0.2, 0.25) is 0 Å². The predicted molar refractivity (Wildman–Crippen MR) is 75.4 cm³/mol. The molecule has 2 N–H and O–H groups in total. The summed E-state index contributed by atoms with van der Waals surface area (Å²) in [7, 11) is 0. The van der Waals surface area contributed by atoms with Crippen LogP contribution in [0.4, 0.5) is 5.82 Å². The number of nitrogen functional groups attached to an aromatic ring is 1. The molecule has 0 aliphatic carbocycles. The van der Waals surface area contributed by atoms with Crippen LogP contribution in [0.3, 0.4) is 0 Å². The van der Waals surface area contributed by atoms with Crippen molar-refractivity contribution < 1.29 is 0 Å². The molecule has 2 rings (SSSR count). The van der Waals surface area contributed by atoms with E-state index in [1.807, 2.05) is 23.5 Å². The summed E-state index contributed by atoms with van der Waals surface area (Å²) in [5.74, 6) is 1.24. The van der Waals surface area contributed by atoms with Gasteiger partial charge in [-0.15, -0.1) is 0 Å². The third-order valence-electron chi connectivity index (χ3n) is 3.40. The second kappa shape index (κ2) is 4.69. The summed E-state index contributed by atoms with van der Waals surface area (Å²) in [6, 6.07) is 4.02. The number of nitrogens with zero attached hydrogens (tertiary/aromatic N) is 2. The highest BCUT2D eigenvalue weighted by Gasteiger charge is 2.18. The number of aryl methyl sites for hydroxylation is 1. The van der Waals surface area contributed by atoms with E-state index < -0.39 is 0 Å². The van der Waals surface area contributed by atoms with Gasteiger partial charge in [0.05, 0.1) is 5.69 Å². The molecule has 3 nitrogen and oxygen atoms in total. The topological polar surface area (TPSA) is 43.3 Å². The predicted octanol–water partition coefficient (Wildman–Crippen LogP) is 3.89. The molecule has 0 spiro atoms. The van der Waals surface area contributed by atoms with Crippen LogP contribution in [0.1, 0.15) is 44.0 Å². The molecule has 0 radical (unpaired) electrons. The first kappa shape index (κ1) is 12.4. The molecule has 2 heterocycles. The number of halogens is 1. The van der Waals surface area contributed by atoms with Gasteiger partial charge in [-0.25, -0.2) is 4.98 Å². The van der Waals surface area contributed by atoms with E-state index in [0.717, 1.165) is 40.2 Å². The molecule has 0 atom stereocenters. The number of rotatable bonds is 3. The van der Waals surface area contributed by atoms with Crippen LogP contribution in [0.5, 0.6) is 0 Å². The van der Waals surface area contributed by atoms with Gasteiger partial charge in [0.1, 0.15) is 11.5 Å². The van der Waals surface area contributed by atoms with E-state index in [-0.39, 0.29) is 0 Å². The molecule has 0 saturated heterocycles. The van der Waals surface area contributed by atoms with E-state index in [0.29, 0.717) is 5.92 Å². The van der Waals surface area contributed by atoms with Crippen LogP contribution in [-0.4, -0.2) is 9.38 Å². The summed E-state index contributed by atoms with van der Waals surface area (Å²) in [6.45, 7) is 6.41. The smallest absolute Gasteiger partial charge is 0.138 e. The number of aromatic nitrogens is 2. The number of hydrogen-bond donors (Lipinski definition) is 1. The lowest BCUT2D eigenvalue weighted by Crippen LogP contribution is -2.03. The van der Waals surface area contributed by atoms with Gasteiger partial charge in [-0.05, 0) is 47.8 Å². The van der Waals surface area contributed by atoms with Gasteiger partial charge in [0.15, 0.2) is 0 Å². The zero-order valence-electron chi connectivity index (χ0n) is 10.5. The van der Waals surface area contributed by atoms with Crippen LogP contribution in [-0.2, 0) is 0 Å². The Hall–Kier alpha value is -1.03. The zero-order chi connectivity index (χ0) is 12.6. The maximum Gasteiger partial charge on any atom is 0.138 e. The van der Waals surface area contributed by atoms with Gasteiger partial charge >= 0.3 is 0 Å². The molecule has 0 amide bonds. The number of anilines is 1. The molecular weight excluding hydrogens is 278 g/mol. The van der Waals surface area contributed by atoms with Gasteiger partial charge in [-0.2, -0.15) is 0 Å². The van der Waals surface area contributed by atoms with E-state index in [1.165, 1.54) is 0 Å². The molecule has 92 valence electrons. The average Bonchev–Trinajstić information content (AvgIpc) is 2.64. The number of imidazole rings is 1. The monoisotopic (exact) mass is 295 g/mol. The summed E-state index contributed by atoms with van der Waals surface area (Å²) < 4.78 is 3.09. The van der Waals surface area contributed by atoms with Gasteiger partial charge in [0, 0.05) is 16.1 Å². The van der Waals surface area contributed by atoms with Crippen LogP contribution in [0.25, 0.3) is 5.65 Å². The first-order valence-corrected chi connectivity index (χ1v) is 6.82. The van der Waals surface area contributed by atoms with Gasteiger partial charge < -0.3 is 5.73 Å². The minimum absolute atomic E-state index is 0.452. The Morgan fingerprint density at radius 2 is 2.00 bits per heavy atom. The molecule has 0 saturated carbocycles. The molecule has 0 bridgehead atoms. The molecule has 2 aromatic heterocycles. The molecule has 0 aromatic carbocycles. The highest BCUT2D eigenvalue weighted by molar-refractivity contribution is 9.10. The van der Waals surface area contributed by atoms with Crippen molar-refractivity contribution in [1.82, 2.24) is 9.38 Å². The fraction of sp³-hybridized carbons (Fsp3) is 0.462. The van der Waals surface area contributed by atoms with E-state index in [2.05, 4.69) is 34.8 Å². The first-order chi connectivity index (χ1) is 8.10. The molecule has 4 heteroatoms. The van der Waals surface area contributed by atoms with Crippen molar-refractivity contribution in [2.24, 2.45) is 0 Å². The van der Waals surface area contributed by atoms with Crippen molar-refractivity contribution in [3.8, 4) is 0 Å². The van der Waals surface area contributed by atoms with Gasteiger partial charge in [-0.1, -0.05) is 13.8 Å². The highest BCUT2D eigenvalue weighted by atomic mass is 79.9. The van der Waals surface area contributed by atoms with Crippen molar-refractivity contribution in [2.75, 3.05) is 5.73 Å². The van der Waals surface area contributed by atoms with Crippen molar-refractivity contribution in [3.63, 3.8) is 0 Å². The van der Waals surface area contributed by atoms with Crippen molar-refractivity contribution in [2.45, 2.75) is 39.5 Å². The van der Waals surface area contributed by atoms with Crippen LogP contribution < -0.4 is 5.73 Å². The Balaban J connectivity index is 2.69. The summed E-state index contributed by atoms with van der Waals surface area (Å²) in [4.78, 5) is 4.67. The number of pyridine rings is 1. The third-order valence-corrected chi connectivity index (χ3v) is 4.24. The van der Waals surface area contributed by atoms with Crippen molar-refractivity contribution in [1.29, 1.82) is 0 Å². The first-order valence-electron chi connectivity index (χ1n) is 6.03. The summed E-state index contributed by atoms with van der Waals surface area (Å²) in [5, 5.41) is 0. The van der Waals surface area contributed by atoms with Crippen LogP contribution in [0.15, 0.2) is 16.6 Å². The van der Waals surface area contributed by atoms with Gasteiger partial charge in [0.2, 0.25) is 0 Å². The Kier molecular flexibility index (Phi) is 3.43. The molecule has 0 aliphatic rings. The zero-order valence-corrected chi connectivity index (χ0v) is 12.1. The van der Waals surface area contributed by atoms with E-state index >= 15 is 0 Å². The fourth-order valence-corrected chi connectivity index (χ4v) is 2.59. The molecule has 17 heavy (non-hydrogen) atoms. The second-order valence-electron chi connectivity index (χ2n) is 4.36. The van der Waals surface area contributed by atoms with Crippen LogP contribution >= 0.6 is 15.9 Å². The van der Waals surface area contributed by atoms with Crippen molar-refractivity contribution in [3.05, 3.63) is 28.0 Å². The second-order valence-corrected chi connectivity index (χ2v) is 5.21. The number of nitrogens with two attached hydrogens (primary N) is 1. The van der Waals surface area contributed by atoms with Gasteiger partial charge in [-0.3, -0.25) is 4.40 Å². The van der Waals surface area contributed by atoms with Crippen LogP contribution in [0, 0.1) is 6.92 Å². The SMILES string of the molecule is CCC(CC)c1nc2ccc(Br)c(C)n2c1N. The normalized spacial score (nSPS) is 11.6. The lowest BCUT2D eigenvalue weighted by Gasteiger charge is -2.10. The standard InChI is InChI=1S/C13H18BrN3/c1-4-9(5-2)12-13(15)17-8(3)10(14)6-7-11(17)16-12/h6-7,9H,4-5,15H2,1-3H3. The number of fused-ring (bicyclic) bond motifs is 1. The minimum Gasteiger partial charge on any atom is -0.383 e. The Morgan fingerprint density at radius 3 is 2.59 bits per heavy atom.